The number of nitrogen functional groups attached to an aromatic ring is 1. The molecule has 1 atom stereocenters. The van der Waals surface area contributed by atoms with Crippen molar-refractivity contribution in [1.82, 2.24) is 15.2 Å². The minimum absolute atomic E-state index is 0.204. The van der Waals surface area contributed by atoms with Crippen LogP contribution in [0.3, 0.4) is 0 Å². The van der Waals surface area contributed by atoms with Gasteiger partial charge in [-0.05, 0) is 49.5 Å². The zero-order valence-electron chi connectivity index (χ0n) is 17.3. The van der Waals surface area contributed by atoms with E-state index in [1.54, 1.807) is 30.3 Å². The van der Waals surface area contributed by atoms with Crippen molar-refractivity contribution < 1.29 is 14.6 Å². The molecule has 3 rings (SSSR count). The summed E-state index contributed by atoms with van der Waals surface area (Å²) in [6.45, 7) is 6.55. The van der Waals surface area contributed by atoms with E-state index in [1.165, 1.54) is 0 Å². The summed E-state index contributed by atoms with van der Waals surface area (Å²) >= 11 is 0. The summed E-state index contributed by atoms with van der Waals surface area (Å²) in [6.07, 6.45) is -0.609. The molecule has 0 saturated carbocycles. The number of aromatic nitrogens is 1. The first-order chi connectivity index (χ1) is 14.5. The van der Waals surface area contributed by atoms with Gasteiger partial charge in [-0.3, -0.25) is 4.79 Å². The lowest BCUT2D eigenvalue weighted by molar-refractivity contribution is 0.0869. The van der Waals surface area contributed by atoms with Crippen LogP contribution in [0.25, 0.3) is 10.9 Å². The van der Waals surface area contributed by atoms with Crippen LogP contribution in [0.5, 0.6) is 11.5 Å². The minimum atomic E-state index is -0.609. The number of carbonyl (C=O) groups is 1. The standard InChI is InChI=1S/C23H28N4O3/c1-3-27(4-2)15-17(28)14-25-23(29)16-9-11-18(12-10-16)30-21-13-22(24)26-20-8-6-5-7-19(20)21/h5-13,17,28H,3-4,14-15H2,1-2H3,(H2,24,26)(H,25,29). The Morgan fingerprint density at radius 1 is 1.17 bits per heavy atom. The van der Waals surface area contributed by atoms with Crippen LogP contribution >= 0.6 is 0 Å². The van der Waals surface area contributed by atoms with Crippen LogP contribution in [0, 0.1) is 0 Å². The molecule has 0 spiro atoms. The summed E-state index contributed by atoms with van der Waals surface area (Å²) in [5.74, 6) is 1.33. The molecule has 7 heteroatoms. The second kappa shape index (κ2) is 10.0. The second-order valence-electron chi connectivity index (χ2n) is 7.04. The molecule has 0 saturated heterocycles. The maximum atomic E-state index is 12.4. The fourth-order valence-corrected chi connectivity index (χ4v) is 3.21. The number of ether oxygens (including phenoxy) is 1. The third-order valence-electron chi connectivity index (χ3n) is 4.90. The summed E-state index contributed by atoms with van der Waals surface area (Å²) in [4.78, 5) is 18.8. The maximum Gasteiger partial charge on any atom is 0.251 e. The first kappa shape index (κ1) is 21.5. The van der Waals surface area contributed by atoms with Crippen LogP contribution in [0.15, 0.2) is 54.6 Å². The first-order valence-electron chi connectivity index (χ1n) is 10.1. The predicted octanol–water partition coefficient (Wildman–Crippen LogP) is 3.04. The van der Waals surface area contributed by atoms with Gasteiger partial charge in [-0.1, -0.05) is 26.0 Å². The SMILES string of the molecule is CCN(CC)CC(O)CNC(=O)c1ccc(Oc2cc(N)nc3ccccc23)cc1. The van der Waals surface area contributed by atoms with Gasteiger partial charge in [-0.2, -0.15) is 0 Å². The Kier molecular flexibility index (Phi) is 7.21. The fraction of sp³-hybridized carbons (Fsp3) is 0.304. The van der Waals surface area contributed by atoms with Crippen molar-refractivity contribution in [2.45, 2.75) is 20.0 Å². The van der Waals surface area contributed by atoms with E-state index in [-0.39, 0.29) is 12.5 Å². The number of pyridine rings is 1. The molecule has 4 N–H and O–H groups in total. The van der Waals surface area contributed by atoms with Gasteiger partial charge in [0.15, 0.2) is 0 Å². The van der Waals surface area contributed by atoms with Gasteiger partial charge >= 0.3 is 0 Å². The van der Waals surface area contributed by atoms with E-state index in [0.29, 0.717) is 29.4 Å². The van der Waals surface area contributed by atoms with Crippen LogP contribution < -0.4 is 15.8 Å². The highest BCUT2D eigenvalue weighted by Gasteiger charge is 2.12. The number of likely N-dealkylation sites (N-methyl/N-ethyl adjacent to an activating group) is 1. The Morgan fingerprint density at radius 2 is 1.87 bits per heavy atom. The number of amides is 1. The van der Waals surface area contributed by atoms with Crippen molar-refractivity contribution >= 4 is 22.6 Å². The molecule has 30 heavy (non-hydrogen) atoms. The van der Waals surface area contributed by atoms with Gasteiger partial charge in [0.1, 0.15) is 17.3 Å². The number of hydrogen-bond donors (Lipinski definition) is 3. The third kappa shape index (κ3) is 5.46. The normalized spacial score (nSPS) is 12.1. The quantitative estimate of drug-likeness (QED) is 0.503. The van der Waals surface area contributed by atoms with Gasteiger partial charge in [0, 0.05) is 30.1 Å². The number of nitrogens with one attached hydrogen (secondary N) is 1. The number of rotatable bonds is 9. The van der Waals surface area contributed by atoms with E-state index in [4.69, 9.17) is 10.5 Å². The molecule has 0 radical (unpaired) electrons. The summed E-state index contributed by atoms with van der Waals surface area (Å²) in [5, 5.41) is 13.7. The van der Waals surface area contributed by atoms with Crippen molar-refractivity contribution in [2.24, 2.45) is 0 Å². The maximum absolute atomic E-state index is 12.4. The zero-order chi connectivity index (χ0) is 21.5. The van der Waals surface area contributed by atoms with Crippen LogP contribution in [0.2, 0.25) is 0 Å². The Hall–Kier alpha value is -3.16. The molecule has 158 valence electrons. The van der Waals surface area contributed by atoms with Gasteiger partial charge in [0.2, 0.25) is 0 Å². The Bertz CT molecular complexity index is 987. The molecule has 7 nitrogen and oxygen atoms in total. The van der Waals surface area contributed by atoms with Crippen molar-refractivity contribution in [1.29, 1.82) is 0 Å². The molecular weight excluding hydrogens is 380 g/mol. The molecule has 1 amide bonds. The van der Waals surface area contributed by atoms with Crippen LogP contribution in [-0.4, -0.2) is 53.2 Å². The Labute approximate surface area is 176 Å². The highest BCUT2D eigenvalue weighted by molar-refractivity contribution is 5.94. The number of anilines is 1. The van der Waals surface area contributed by atoms with E-state index in [1.807, 2.05) is 38.1 Å². The van der Waals surface area contributed by atoms with Crippen LogP contribution in [0.4, 0.5) is 5.82 Å². The number of nitrogens with zero attached hydrogens (tertiary/aromatic N) is 2. The highest BCUT2D eigenvalue weighted by atomic mass is 16.5. The van der Waals surface area contributed by atoms with E-state index >= 15 is 0 Å². The minimum Gasteiger partial charge on any atom is -0.457 e. The molecule has 2 aromatic carbocycles. The molecule has 0 fully saturated rings. The van der Waals surface area contributed by atoms with Gasteiger partial charge in [0.25, 0.3) is 5.91 Å². The Balaban J connectivity index is 1.62. The molecule has 1 aromatic heterocycles. The average molecular weight is 409 g/mol. The Morgan fingerprint density at radius 3 is 2.57 bits per heavy atom. The molecule has 3 aromatic rings. The molecule has 0 aliphatic carbocycles. The van der Waals surface area contributed by atoms with Crippen molar-refractivity contribution in [3.8, 4) is 11.5 Å². The van der Waals surface area contributed by atoms with E-state index < -0.39 is 6.10 Å². The molecule has 0 bridgehead atoms. The van der Waals surface area contributed by atoms with E-state index in [2.05, 4.69) is 15.2 Å². The number of para-hydroxylation sites is 1. The van der Waals surface area contributed by atoms with Gasteiger partial charge < -0.3 is 25.8 Å². The van der Waals surface area contributed by atoms with Crippen molar-refractivity contribution in [3.05, 3.63) is 60.2 Å². The first-order valence-corrected chi connectivity index (χ1v) is 10.1. The molecule has 0 aliphatic rings. The fourth-order valence-electron chi connectivity index (χ4n) is 3.21. The van der Waals surface area contributed by atoms with Crippen molar-refractivity contribution in [2.75, 3.05) is 31.9 Å². The van der Waals surface area contributed by atoms with E-state index in [0.717, 1.165) is 24.0 Å². The third-order valence-corrected chi connectivity index (χ3v) is 4.90. The second-order valence-corrected chi connectivity index (χ2v) is 7.04. The smallest absolute Gasteiger partial charge is 0.251 e. The zero-order valence-corrected chi connectivity index (χ0v) is 17.3. The number of carbonyl (C=O) groups excluding carboxylic acids is 1. The van der Waals surface area contributed by atoms with Gasteiger partial charge in [-0.15, -0.1) is 0 Å². The molecular formula is C23H28N4O3. The number of benzene rings is 2. The van der Waals surface area contributed by atoms with E-state index in [9.17, 15) is 9.90 Å². The monoisotopic (exact) mass is 408 g/mol. The number of aliphatic hydroxyl groups excluding tert-OH is 1. The molecule has 1 heterocycles. The lowest BCUT2D eigenvalue weighted by Crippen LogP contribution is -2.40. The molecule has 1 unspecified atom stereocenters. The number of fused-ring (bicyclic) bond motifs is 1. The topological polar surface area (TPSA) is 101 Å². The van der Waals surface area contributed by atoms with Crippen LogP contribution in [-0.2, 0) is 0 Å². The lowest BCUT2D eigenvalue weighted by Gasteiger charge is -2.22. The summed E-state index contributed by atoms with van der Waals surface area (Å²) in [6, 6.07) is 16.1. The van der Waals surface area contributed by atoms with Crippen LogP contribution in [0.1, 0.15) is 24.2 Å². The predicted molar refractivity (Wildman–Crippen MR) is 119 cm³/mol. The summed E-state index contributed by atoms with van der Waals surface area (Å²) in [5.41, 5.74) is 7.13. The summed E-state index contributed by atoms with van der Waals surface area (Å²) < 4.78 is 5.98. The lowest BCUT2D eigenvalue weighted by atomic mass is 10.2. The average Bonchev–Trinajstić information content (AvgIpc) is 2.76. The largest absolute Gasteiger partial charge is 0.457 e. The number of aliphatic hydroxyl groups is 1. The highest BCUT2D eigenvalue weighted by Crippen LogP contribution is 2.30. The summed E-state index contributed by atoms with van der Waals surface area (Å²) in [7, 11) is 0. The van der Waals surface area contributed by atoms with Crippen molar-refractivity contribution in [3.63, 3.8) is 0 Å². The van der Waals surface area contributed by atoms with Gasteiger partial charge in [0.05, 0.1) is 11.6 Å². The number of hydrogen-bond acceptors (Lipinski definition) is 6. The van der Waals surface area contributed by atoms with Gasteiger partial charge in [-0.25, -0.2) is 4.98 Å². The molecule has 0 aliphatic heterocycles. The number of nitrogens with two attached hydrogens (primary N) is 1.